The number of carbonyl (C=O) groups is 1. The van der Waals surface area contributed by atoms with Crippen LogP contribution in [0.1, 0.15) is 116 Å². The number of hydrogen-bond donors (Lipinski definition) is 0. The number of rotatable bonds is 19. The van der Waals surface area contributed by atoms with Crippen LogP contribution in [0.2, 0.25) is 0 Å². The number of allylic oxidation sites excluding steroid dienone is 1. The van der Waals surface area contributed by atoms with E-state index in [1.54, 1.807) is 17.9 Å². The van der Waals surface area contributed by atoms with Crippen molar-refractivity contribution in [3.8, 4) is 5.75 Å². The van der Waals surface area contributed by atoms with Gasteiger partial charge in [-0.1, -0.05) is 109 Å². The zero-order chi connectivity index (χ0) is 30.2. The SMILES string of the molecule is CCCCCCCCCCCCCCOc1ccc(CN(C(C)=O)c2cccc(CC3(C)C=C(C)C=NC3)c2)cc1F. The van der Waals surface area contributed by atoms with Gasteiger partial charge in [0, 0.05) is 30.8 Å². The molecule has 1 atom stereocenters. The van der Waals surface area contributed by atoms with Gasteiger partial charge in [0.25, 0.3) is 0 Å². The molecule has 5 heteroatoms. The molecule has 1 heterocycles. The molecule has 2 aromatic carbocycles. The Morgan fingerprint density at radius 3 is 2.21 bits per heavy atom. The summed E-state index contributed by atoms with van der Waals surface area (Å²) in [5, 5.41) is 0. The minimum atomic E-state index is -0.378. The number of dihydropyridines is 1. The predicted octanol–water partition coefficient (Wildman–Crippen LogP) is 10.0. The molecule has 1 unspecified atom stereocenters. The van der Waals surface area contributed by atoms with Crippen LogP contribution in [0.5, 0.6) is 5.75 Å². The average molecular weight is 577 g/mol. The van der Waals surface area contributed by atoms with Gasteiger partial charge < -0.3 is 9.64 Å². The van der Waals surface area contributed by atoms with E-state index in [-0.39, 0.29) is 22.9 Å². The second kappa shape index (κ2) is 17.9. The first-order valence-corrected chi connectivity index (χ1v) is 16.3. The Morgan fingerprint density at radius 2 is 1.60 bits per heavy atom. The first-order chi connectivity index (χ1) is 20.3. The van der Waals surface area contributed by atoms with Crippen LogP contribution in [0.25, 0.3) is 0 Å². The third kappa shape index (κ3) is 11.7. The lowest BCUT2D eigenvalue weighted by Crippen LogP contribution is -2.28. The number of carbonyl (C=O) groups excluding carboxylic acids is 1. The van der Waals surface area contributed by atoms with Gasteiger partial charge in [-0.3, -0.25) is 9.79 Å². The molecule has 0 N–H and O–H groups in total. The van der Waals surface area contributed by atoms with E-state index in [4.69, 9.17) is 4.74 Å². The van der Waals surface area contributed by atoms with E-state index in [0.717, 1.165) is 42.6 Å². The lowest BCUT2D eigenvalue weighted by atomic mass is 9.81. The Hall–Kier alpha value is -2.95. The zero-order valence-corrected chi connectivity index (χ0v) is 26.6. The van der Waals surface area contributed by atoms with E-state index in [1.807, 2.05) is 24.4 Å². The van der Waals surface area contributed by atoms with Crippen LogP contribution in [0, 0.1) is 11.2 Å². The molecule has 1 aliphatic heterocycles. The standard InChI is InChI=1S/C37H53FN2O2/c1-5-6-7-8-9-10-11-12-13-14-15-16-22-42-36-21-20-33(24-35(36)38)28-40(31(3)41)34-19-17-18-32(23-34)26-37(4)25-30(2)27-39-29-37/h17-21,23-25,27H,5-16,22,26,28-29H2,1-4H3. The summed E-state index contributed by atoms with van der Waals surface area (Å²) in [5.41, 5.74) is 3.82. The summed E-state index contributed by atoms with van der Waals surface area (Å²) in [6.07, 6.45) is 20.5. The Morgan fingerprint density at radius 1 is 0.929 bits per heavy atom. The number of anilines is 1. The van der Waals surface area contributed by atoms with Crippen molar-refractivity contribution in [2.45, 2.75) is 118 Å². The van der Waals surface area contributed by atoms with Crippen molar-refractivity contribution in [2.75, 3.05) is 18.1 Å². The lowest BCUT2D eigenvalue weighted by Gasteiger charge is -2.28. The third-order valence-electron chi connectivity index (χ3n) is 8.13. The lowest BCUT2D eigenvalue weighted by molar-refractivity contribution is -0.116. The summed E-state index contributed by atoms with van der Waals surface area (Å²) in [6, 6.07) is 13.1. The minimum absolute atomic E-state index is 0.0509. The molecule has 0 saturated heterocycles. The fourth-order valence-corrected chi connectivity index (χ4v) is 5.89. The van der Waals surface area contributed by atoms with E-state index in [0.29, 0.717) is 13.2 Å². The summed E-state index contributed by atoms with van der Waals surface area (Å²) in [7, 11) is 0. The van der Waals surface area contributed by atoms with Crippen molar-refractivity contribution < 1.29 is 13.9 Å². The molecular formula is C37H53FN2O2. The molecule has 0 saturated carbocycles. The summed E-state index contributed by atoms with van der Waals surface area (Å²) in [5.74, 6) is -0.175. The Kier molecular flexibility index (Phi) is 14.3. The number of ether oxygens (including phenoxy) is 1. The largest absolute Gasteiger partial charge is 0.491 e. The van der Waals surface area contributed by atoms with Crippen LogP contribution >= 0.6 is 0 Å². The molecule has 0 aliphatic carbocycles. The number of nitrogens with zero attached hydrogens (tertiary/aromatic N) is 2. The molecule has 0 aromatic heterocycles. The molecule has 4 nitrogen and oxygen atoms in total. The second-order valence-electron chi connectivity index (χ2n) is 12.5. The van der Waals surface area contributed by atoms with Crippen LogP contribution in [0.15, 0.2) is 59.1 Å². The van der Waals surface area contributed by atoms with Gasteiger partial charge in [0.05, 0.1) is 13.2 Å². The van der Waals surface area contributed by atoms with Crippen molar-refractivity contribution in [2.24, 2.45) is 10.4 Å². The maximum absolute atomic E-state index is 14.9. The van der Waals surface area contributed by atoms with E-state index in [2.05, 4.69) is 44.0 Å². The quantitative estimate of drug-likeness (QED) is 0.156. The van der Waals surface area contributed by atoms with Crippen LogP contribution in [-0.4, -0.2) is 25.3 Å². The summed E-state index contributed by atoms with van der Waals surface area (Å²) >= 11 is 0. The molecule has 230 valence electrons. The highest BCUT2D eigenvalue weighted by molar-refractivity contribution is 5.91. The van der Waals surface area contributed by atoms with E-state index < -0.39 is 0 Å². The van der Waals surface area contributed by atoms with Gasteiger partial charge in [-0.2, -0.15) is 0 Å². The van der Waals surface area contributed by atoms with Crippen LogP contribution in [0.3, 0.4) is 0 Å². The maximum atomic E-state index is 14.9. The number of amides is 1. The van der Waals surface area contributed by atoms with Gasteiger partial charge in [0.15, 0.2) is 11.6 Å². The Bertz CT molecular complexity index is 1170. The Balaban J connectivity index is 1.43. The van der Waals surface area contributed by atoms with Gasteiger partial charge in [-0.15, -0.1) is 0 Å². The number of hydrogen-bond acceptors (Lipinski definition) is 3. The fraction of sp³-hybridized carbons (Fsp3) is 0.568. The van der Waals surface area contributed by atoms with Gasteiger partial charge in [-0.05, 0) is 60.7 Å². The zero-order valence-electron chi connectivity index (χ0n) is 26.6. The number of halogens is 1. The highest BCUT2D eigenvalue weighted by atomic mass is 19.1. The molecule has 1 amide bonds. The normalized spacial score (nSPS) is 16.4. The van der Waals surface area contributed by atoms with Crippen molar-refractivity contribution >= 4 is 17.8 Å². The highest BCUT2D eigenvalue weighted by Crippen LogP contribution is 2.30. The molecule has 0 bridgehead atoms. The first-order valence-electron chi connectivity index (χ1n) is 16.3. The first kappa shape index (κ1) is 33.6. The molecule has 0 spiro atoms. The van der Waals surface area contributed by atoms with Crippen LogP contribution in [-0.2, 0) is 17.8 Å². The van der Waals surface area contributed by atoms with Gasteiger partial charge in [0.1, 0.15) is 0 Å². The number of unbranched alkanes of at least 4 members (excludes halogenated alkanes) is 11. The monoisotopic (exact) mass is 576 g/mol. The molecule has 42 heavy (non-hydrogen) atoms. The maximum Gasteiger partial charge on any atom is 0.224 e. The van der Waals surface area contributed by atoms with Crippen molar-refractivity contribution in [3.05, 3.63) is 71.1 Å². The summed E-state index contributed by atoms with van der Waals surface area (Å²) in [6.45, 7) is 9.68. The van der Waals surface area contributed by atoms with Gasteiger partial charge >= 0.3 is 0 Å². The average Bonchev–Trinajstić information content (AvgIpc) is 2.94. The second-order valence-corrected chi connectivity index (χ2v) is 12.5. The van der Waals surface area contributed by atoms with E-state index in [9.17, 15) is 9.18 Å². The summed E-state index contributed by atoms with van der Waals surface area (Å²) in [4.78, 5) is 18.9. The smallest absolute Gasteiger partial charge is 0.224 e. The molecule has 3 rings (SSSR count). The van der Waals surface area contributed by atoms with E-state index >= 15 is 0 Å². The molecule has 0 radical (unpaired) electrons. The van der Waals surface area contributed by atoms with Gasteiger partial charge in [-0.25, -0.2) is 4.39 Å². The molecule has 1 aliphatic rings. The van der Waals surface area contributed by atoms with E-state index in [1.165, 1.54) is 75.8 Å². The van der Waals surface area contributed by atoms with Crippen molar-refractivity contribution in [3.63, 3.8) is 0 Å². The molecule has 0 fully saturated rings. The predicted molar refractivity (Wildman–Crippen MR) is 175 cm³/mol. The minimum Gasteiger partial charge on any atom is -0.491 e. The number of benzene rings is 2. The van der Waals surface area contributed by atoms with Crippen molar-refractivity contribution in [1.29, 1.82) is 0 Å². The fourth-order valence-electron chi connectivity index (χ4n) is 5.89. The highest BCUT2D eigenvalue weighted by Gasteiger charge is 2.24. The third-order valence-corrected chi connectivity index (χ3v) is 8.13. The summed E-state index contributed by atoms with van der Waals surface area (Å²) < 4.78 is 20.7. The van der Waals surface area contributed by atoms with Crippen molar-refractivity contribution in [1.82, 2.24) is 0 Å². The molecule has 2 aromatic rings. The molecular weight excluding hydrogens is 523 g/mol. The number of aliphatic imine (C=N–C) groups is 1. The van der Waals surface area contributed by atoms with Gasteiger partial charge in [0.2, 0.25) is 5.91 Å². The Labute approximate surface area is 254 Å². The van der Waals surface area contributed by atoms with Crippen LogP contribution in [0.4, 0.5) is 10.1 Å². The van der Waals surface area contributed by atoms with Crippen LogP contribution < -0.4 is 9.64 Å². The topological polar surface area (TPSA) is 41.9 Å².